The van der Waals surface area contributed by atoms with Crippen LogP contribution in [0.1, 0.15) is 19.8 Å². The predicted molar refractivity (Wildman–Crippen MR) is 71.9 cm³/mol. The highest BCUT2D eigenvalue weighted by Crippen LogP contribution is 2.29. The van der Waals surface area contributed by atoms with Gasteiger partial charge in [-0.25, -0.2) is 0 Å². The van der Waals surface area contributed by atoms with E-state index in [1.807, 2.05) is 6.92 Å². The minimum Gasteiger partial charge on any atom is -0.326 e. The summed E-state index contributed by atoms with van der Waals surface area (Å²) in [5, 5.41) is 16.6. The predicted octanol–water partition coefficient (Wildman–Crippen LogP) is 1.92. The molecule has 1 fully saturated rings. The normalized spacial score (nSPS) is 17.7. The third kappa shape index (κ3) is 3.08. The SMILES string of the molecule is CC1(C(=O)Nc2ccc([N+](=O)[O-])cc2)CCNCC1. The van der Waals surface area contributed by atoms with Crippen LogP contribution in [0.15, 0.2) is 24.3 Å². The van der Waals surface area contributed by atoms with Gasteiger partial charge in [0.15, 0.2) is 0 Å². The third-order valence-corrected chi connectivity index (χ3v) is 3.59. The lowest BCUT2D eigenvalue weighted by Gasteiger charge is -2.32. The number of non-ortho nitro benzene ring substituents is 1. The van der Waals surface area contributed by atoms with E-state index in [-0.39, 0.29) is 17.0 Å². The molecule has 0 unspecified atom stereocenters. The Morgan fingerprint density at radius 1 is 1.32 bits per heavy atom. The number of piperidine rings is 1. The zero-order valence-electron chi connectivity index (χ0n) is 10.8. The van der Waals surface area contributed by atoms with Crippen LogP contribution in [0.3, 0.4) is 0 Å². The first-order valence-electron chi connectivity index (χ1n) is 6.28. The first kappa shape index (κ1) is 13.5. The van der Waals surface area contributed by atoms with Crippen LogP contribution in [-0.2, 0) is 4.79 Å². The molecule has 0 saturated carbocycles. The molecule has 2 rings (SSSR count). The molecule has 0 aliphatic carbocycles. The van der Waals surface area contributed by atoms with Gasteiger partial charge in [0.1, 0.15) is 0 Å². The lowest BCUT2D eigenvalue weighted by atomic mass is 9.80. The van der Waals surface area contributed by atoms with Crippen LogP contribution in [0, 0.1) is 15.5 Å². The minimum atomic E-state index is -0.459. The van der Waals surface area contributed by atoms with Crippen molar-refractivity contribution < 1.29 is 9.72 Å². The second-order valence-electron chi connectivity index (χ2n) is 5.07. The molecule has 0 atom stereocenters. The summed E-state index contributed by atoms with van der Waals surface area (Å²) in [5.74, 6) is -0.0251. The highest BCUT2D eigenvalue weighted by molar-refractivity contribution is 5.95. The third-order valence-electron chi connectivity index (χ3n) is 3.59. The Labute approximate surface area is 111 Å². The van der Waals surface area contributed by atoms with Crippen molar-refractivity contribution in [1.29, 1.82) is 0 Å². The second kappa shape index (κ2) is 5.36. The molecule has 1 saturated heterocycles. The molecule has 1 heterocycles. The average molecular weight is 263 g/mol. The van der Waals surface area contributed by atoms with E-state index in [2.05, 4.69) is 10.6 Å². The number of hydrogen-bond donors (Lipinski definition) is 2. The van der Waals surface area contributed by atoms with Gasteiger partial charge >= 0.3 is 0 Å². The Morgan fingerprint density at radius 2 is 1.89 bits per heavy atom. The number of rotatable bonds is 3. The van der Waals surface area contributed by atoms with Gasteiger partial charge in [-0.05, 0) is 38.1 Å². The number of carbonyl (C=O) groups excluding carboxylic acids is 1. The van der Waals surface area contributed by atoms with E-state index < -0.39 is 4.92 Å². The fourth-order valence-corrected chi connectivity index (χ4v) is 2.15. The minimum absolute atomic E-state index is 0.0195. The molecule has 19 heavy (non-hydrogen) atoms. The van der Waals surface area contributed by atoms with Crippen molar-refractivity contribution in [2.75, 3.05) is 18.4 Å². The van der Waals surface area contributed by atoms with Crippen molar-refractivity contribution in [3.8, 4) is 0 Å². The van der Waals surface area contributed by atoms with E-state index in [0.717, 1.165) is 25.9 Å². The van der Waals surface area contributed by atoms with Gasteiger partial charge in [-0.2, -0.15) is 0 Å². The average Bonchev–Trinajstić information content (AvgIpc) is 2.40. The number of nitrogens with one attached hydrogen (secondary N) is 2. The molecule has 1 aromatic rings. The van der Waals surface area contributed by atoms with Crippen LogP contribution >= 0.6 is 0 Å². The van der Waals surface area contributed by atoms with Gasteiger partial charge < -0.3 is 10.6 Å². The number of nitrogens with zero attached hydrogens (tertiary/aromatic N) is 1. The quantitative estimate of drug-likeness (QED) is 0.644. The first-order chi connectivity index (χ1) is 9.01. The van der Waals surface area contributed by atoms with Crippen molar-refractivity contribution >= 4 is 17.3 Å². The topological polar surface area (TPSA) is 84.3 Å². The van der Waals surface area contributed by atoms with Crippen LogP contribution in [0.4, 0.5) is 11.4 Å². The number of benzene rings is 1. The summed E-state index contributed by atoms with van der Waals surface area (Å²) in [6.45, 7) is 3.63. The number of nitro groups is 1. The molecule has 102 valence electrons. The number of nitro benzene ring substituents is 1. The van der Waals surface area contributed by atoms with Crippen LogP contribution in [-0.4, -0.2) is 23.9 Å². The van der Waals surface area contributed by atoms with E-state index in [0.29, 0.717) is 5.69 Å². The monoisotopic (exact) mass is 263 g/mol. The van der Waals surface area contributed by atoms with E-state index in [1.165, 1.54) is 12.1 Å². The lowest BCUT2D eigenvalue weighted by molar-refractivity contribution is -0.384. The van der Waals surface area contributed by atoms with Crippen LogP contribution < -0.4 is 10.6 Å². The molecule has 6 nitrogen and oxygen atoms in total. The van der Waals surface area contributed by atoms with Gasteiger partial charge in [-0.15, -0.1) is 0 Å². The standard InChI is InChI=1S/C13H17N3O3/c1-13(6-8-14-9-7-13)12(17)15-10-2-4-11(5-3-10)16(18)19/h2-5,14H,6-9H2,1H3,(H,15,17). The number of hydrogen-bond acceptors (Lipinski definition) is 4. The van der Waals surface area contributed by atoms with E-state index in [9.17, 15) is 14.9 Å². The van der Waals surface area contributed by atoms with Crippen LogP contribution in [0.5, 0.6) is 0 Å². The maximum Gasteiger partial charge on any atom is 0.269 e. The van der Waals surface area contributed by atoms with Crippen molar-refractivity contribution in [1.82, 2.24) is 5.32 Å². The molecule has 1 aliphatic rings. The second-order valence-corrected chi connectivity index (χ2v) is 5.07. The molecular formula is C13H17N3O3. The summed E-state index contributed by atoms with van der Waals surface area (Å²) in [5.41, 5.74) is 0.244. The largest absolute Gasteiger partial charge is 0.326 e. The van der Waals surface area contributed by atoms with E-state index in [4.69, 9.17) is 0 Å². The van der Waals surface area contributed by atoms with Gasteiger partial charge in [0.25, 0.3) is 5.69 Å². The summed E-state index contributed by atoms with van der Waals surface area (Å²) in [7, 11) is 0. The molecular weight excluding hydrogens is 246 g/mol. The summed E-state index contributed by atoms with van der Waals surface area (Å²) in [6, 6.07) is 5.89. The Morgan fingerprint density at radius 3 is 2.42 bits per heavy atom. The molecule has 0 bridgehead atoms. The number of carbonyl (C=O) groups is 1. The Balaban J connectivity index is 2.04. The van der Waals surface area contributed by atoms with Gasteiger partial charge in [0, 0.05) is 23.2 Å². The Kier molecular flexibility index (Phi) is 3.80. The number of amides is 1. The molecule has 0 aromatic heterocycles. The molecule has 1 aromatic carbocycles. The van der Waals surface area contributed by atoms with Gasteiger partial charge in [0.05, 0.1) is 4.92 Å². The van der Waals surface area contributed by atoms with Crippen molar-refractivity contribution in [3.05, 3.63) is 34.4 Å². The molecule has 1 amide bonds. The lowest BCUT2D eigenvalue weighted by Crippen LogP contribution is -2.42. The molecule has 6 heteroatoms. The zero-order chi connectivity index (χ0) is 13.9. The molecule has 1 aliphatic heterocycles. The van der Waals surface area contributed by atoms with Crippen molar-refractivity contribution in [3.63, 3.8) is 0 Å². The van der Waals surface area contributed by atoms with E-state index in [1.54, 1.807) is 12.1 Å². The summed E-state index contributed by atoms with van der Waals surface area (Å²) < 4.78 is 0. The number of anilines is 1. The Bertz CT molecular complexity index is 478. The maximum absolute atomic E-state index is 12.2. The smallest absolute Gasteiger partial charge is 0.269 e. The van der Waals surface area contributed by atoms with E-state index >= 15 is 0 Å². The molecule has 2 N–H and O–H groups in total. The highest BCUT2D eigenvalue weighted by atomic mass is 16.6. The fraction of sp³-hybridized carbons (Fsp3) is 0.462. The molecule has 0 radical (unpaired) electrons. The van der Waals surface area contributed by atoms with Gasteiger partial charge in [-0.3, -0.25) is 14.9 Å². The first-order valence-corrected chi connectivity index (χ1v) is 6.28. The summed E-state index contributed by atoms with van der Waals surface area (Å²) in [4.78, 5) is 22.3. The van der Waals surface area contributed by atoms with Crippen LogP contribution in [0.2, 0.25) is 0 Å². The maximum atomic E-state index is 12.2. The van der Waals surface area contributed by atoms with Gasteiger partial charge in [-0.1, -0.05) is 6.92 Å². The highest BCUT2D eigenvalue weighted by Gasteiger charge is 2.34. The van der Waals surface area contributed by atoms with Crippen molar-refractivity contribution in [2.45, 2.75) is 19.8 Å². The fourth-order valence-electron chi connectivity index (χ4n) is 2.15. The van der Waals surface area contributed by atoms with Crippen molar-refractivity contribution in [2.24, 2.45) is 5.41 Å². The Hall–Kier alpha value is -1.95. The van der Waals surface area contributed by atoms with Gasteiger partial charge in [0.2, 0.25) is 5.91 Å². The zero-order valence-corrected chi connectivity index (χ0v) is 10.8. The van der Waals surface area contributed by atoms with Crippen LogP contribution in [0.25, 0.3) is 0 Å². The summed E-state index contributed by atoms with van der Waals surface area (Å²) in [6.07, 6.45) is 1.59. The molecule has 0 spiro atoms. The summed E-state index contributed by atoms with van der Waals surface area (Å²) >= 11 is 0.